The van der Waals surface area contributed by atoms with Gasteiger partial charge >= 0.3 is 0 Å². The van der Waals surface area contributed by atoms with Gasteiger partial charge in [0.1, 0.15) is 0 Å². The zero-order chi connectivity index (χ0) is 15.9. The average Bonchev–Trinajstić information content (AvgIpc) is 2.50. The maximum atomic E-state index is 10.7. The summed E-state index contributed by atoms with van der Waals surface area (Å²) in [5.41, 5.74) is 1.63. The van der Waals surface area contributed by atoms with Gasteiger partial charge in [-0.15, -0.1) is 0 Å². The van der Waals surface area contributed by atoms with E-state index in [0.29, 0.717) is 5.11 Å². The molecule has 0 aromatic heterocycles. The quantitative estimate of drug-likeness (QED) is 0.483. The standard InChI is InChI=1S/C14H20N4O3S/c1-11-10-12(18(19)20)2-3-13(11)16-14(22)15-4-5-17-6-8-21-9-7-17/h2-3,10H,4-9H2,1H3,(H2,15,16,22). The van der Waals surface area contributed by atoms with E-state index in [-0.39, 0.29) is 5.69 Å². The fourth-order valence-electron chi connectivity index (χ4n) is 2.22. The Morgan fingerprint density at radius 3 is 2.82 bits per heavy atom. The highest BCUT2D eigenvalue weighted by molar-refractivity contribution is 7.80. The highest BCUT2D eigenvalue weighted by atomic mass is 32.1. The van der Waals surface area contributed by atoms with Gasteiger partial charge in [-0.05, 0) is 30.8 Å². The molecule has 120 valence electrons. The van der Waals surface area contributed by atoms with Crippen LogP contribution in [0.1, 0.15) is 5.56 Å². The van der Waals surface area contributed by atoms with Crippen LogP contribution in [0.15, 0.2) is 18.2 Å². The number of morpholine rings is 1. The summed E-state index contributed by atoms with van der Waals surface area (Å²) in [6.45, 7) is 6.93. The number of nitro groups is 1. The highest BCUT2D eigenvalue weighted by Crippen LogP contribution is 2.20. The molecule has 1 aromatic carbocycles. The molecule has 0 unspecified atom stereocenters. The van der Waals surface area contributed by atoms with Gasteiger partial charge in [0.05, 0.1) is 18.1 Å². The molecule has 0 saturated carbocycles. The van der Waals surface area contributed by atoms with Gasteiger partial charge in [0.2, 0.25) is 0 Å². The number of benzene rings is 1. The lowest BCUT2D eigenvalue weighted by Gasteiger charge is -2.26. The first-order chi connectivity index (χ1) is 10.6. The molecular weight excluding hydrogens is 304 g/mol. The molecule has 1 heterocycles. The van der Waals surface area contributed by atoms with Crippen molar-refractivity contribution in [2.24, 2.45) is 0 Å². The minimum absolute atomic E-state index is 0.0780. The normalized spacial score (nSPS) is 15.3. The van der Waals surface area contributed by atoms with E-state index in [0.717, 1.165) is 50.6 Å². The first kappa shape index (κ1) is 16.6. The minimum atomic E-state index is -0.407. The summed E-state index contributed by atoms with van der Waals surface area (Å²) in [6.07, 6.45) is 0. The van der Waals surface area contributed by atoms with Crippen LogP contribution in [0, 0.1) is 17.0 Å². The topological polar surface area (TPSA) is 79.7 Å². The molecule has 0 atom stereocenters. The van der Waals surface area contributed by atoms with Crippen molar-refractivity contribution in [3.63, 3.8) is 0 Å². The first-order valence-corrected chi connectivity index (χ1v) is 7.57. The zero-order valence-electron chi connectivity index (χ0n) is 12.5. The maximum Gasteiger partial charge on any atom is 0.269 e. The number of hydrogen-bond donors (Lipinski definition) is 2. The lowest BCUT2D eigenvalue weighted by atomic mass is 10.2. The summed E-state index contributed by atoms with van der Waals surface area (Å²) in [5, 5.41) is 17.4. The fourth-order valence-corrected chi connectivity index (χ4v) is 2.43. The van der Waals surface area contributed by atoms with Crippen LogP contribution in [-0.2, 0) is 4.74 Å². The molecule has 0 spiro atoms. The Hall–Kier alpha value is -1.77. The van der Waals surface area contributed by atoms with Crippen LogP contribution in [-0.4, -0.2) is 54.3 Å². The monoisotopic (exact) mass is 324 g/mol. The number of anilines is 1. The SMILES string of the molecule is Cc1cc([N+](=O)[O-])ccc1NC(=S)NCCN1CCOCC1. The molecule has 1 aliphatic rings. The van der Waals surface area contributed by atoms with Gasteiger partial charge in [0, 0.05) is 44.0 Å². The Labute approximate surface area is 134 Å². The number of aryl methyl sites for hydroxylation is 1. The van der Waals surface area contributed by atoms with Crippen LogP contribution in [0.2, 0.25) is 0 Å². The molecule has 0 bridgehead atoms. The second kappa shape index (κ2) is 8.02. The van der Waals surface area contributed by atoms with E-state index < -0.39 is 4.92 Å². The molecule has 0 radical (unpaired) electrons. The van der Waals surface area contributed by atoms with Crippen molar-refractivity contribution >= 4 is 28.7 Å². The van der Waals surface area contributed by atoms with Gasteiger partial charge in [0.15, 0.2) is 5.11 Å². The molecular formula is C14H20N4O3S. The Bertz CT molecular complexity index is 547. The summed E-state index contributed by atoms with van der Waals surface area (Å²) >= 11 is 5.25. The van der Waals surface area contributed by atoms with E-state index in [1.165, 1.54) is 12.1 Å². The molecule has 7 nitrogen and oxygen atoms in total. The Balaban J connectivity index is 1.77. The van der Waals surface area contributed by atoms with Crippen molar-refractivity contribution in [3.8, 4) is 0 Å². The van der Waals surface area contributed by atoms with Crippen LogP contribution >= 0.6 is 12.2 Å². The number of nitrogens with one attached hydrogen (secondary N) is 2. The first-order valence-electron chi connectivity index (χ1n) is 7.16. The lowest BCUT2D eigenvalue weighted by Crippen LogP contribution is -2.42. The second-order valence-corrected chi connectivity index (χ2v) is 5.50. The van der Waals surface area contributed by atoms with Crippen molar-refractivity contribution in [2.75, 3.05) is 44.7 Å². The number of hydrogen-bond acceptors (Lipinski definition) is 5. The van der Waals surface area contributed by atoms with Gasteiger partial charge in [-0.3, -0.25) is 15.0 Å². The van der Waals surface area contributed by atoms with Crippen molar-refractivity contribution in [1.29, 1.82) is 0 Å². The van der Waals surface area contributed by atoms with E-state index in [1.54, 1.807) is 6.07 Å². The largest absolute Gasteiger partial charge is 0.379 e. The molecule has 1 aliphatic heterocycles. The van der Waals surface area contributed by atoms with Crippen LogP contribution in [0.25, 0.3) is 0 Å². The molecule has 1 fully saturated rings. The second-order valence-electron chi connectivity index (χ2n) is 5.09. The lowest BCUT2D eigenvalue weighted by molar-refractivity contribution is -0.384. The van der Waals surface area contributed by atoms with Gasteiger partial charge in [-0.2, -0.15) is 0 Å². The van der Waals surface area contributed by atoms with Crippen LogP contribution < -0.4 is 10.6 Å². The van der Waals surface area contributed by atoms with Crippen LogP contribution in [0.3, 0.4) is 0 Å². The minimum Gasteiger partial charge on any atom is -0.379 e. The third kappa shape index (κ3) is 4.90. The number of nitro benzene ring substituents is 1. The van der Waals surface area contributed by atoms with E-state index in [4.69, 9.17) is 17.0 Å². The molecule has 1 saturated heterocycles. The number of nitrogens with zero attached hydrogens (tertiary/aromatic N) is 2. The summed E-state index contributed by atoms with van der Waals surface area (Å²) < 4.78 is 5.30. The van der Waals surface area contributed by atoms with Gasteiger partial charge < -0.3 is 15.4 Å². The summed E-state index contributed by atoms with van der Waals surface area (Å²) in [7, 11) is 0. The third-order valence-electron chi connectivity index (χ3n) is 3.49. The summed E-state index contributed by atoms with van der Waals surface area (Å²) in [4.78, 5) is 12.6. The Kier molecular flexibility index (Phi) is 6.05. The molecule has 1 aromatic rings. The predicted molar refractivity (Wildman–Crippen MR) is 89.3 cm³/mol. The van der Waals surface area contributed by atoms with E-state index in [9.17, 15) is 10.1 Å². The molecule has 0 amide bonds. The van der Waals surface area contributed by atoms with E-state index in [2.05, 4.69) is 15.5 Å². The Morgan fingerprint density at radius 2 is 2.18 bits per heavy atom. The molecule has 0 aliphatic carbocycles. The van der Waals surface area contributed by atoms with Gasteiger partial charge in [-0.25, -0.2) is 0 Å². The maximum absolute atomic E-state index is 10.7. The van der Waals surface area contributed by atoms with Crippen LogP contribution in [0.4, 0.5) is 11.4 Å². The van der Waals surface area contributed by atoms with Crippen molar-refractivity contribution < 1.29 is 9.66 Å². The molecule has 2 rings (SSSR count). The predicted octanol–water partition coefficient (Wildman–Crippen LogP) is 1.52. The number of thiocarbonyl (C=S) groups is 1. The summed E-state index contributed by atoms with van der Waals surface area (Å²) in [6, 6.07) is 4.66. The smallest absolute Gasteiger partial charge is 0.269 e. The Morgan fingerprint density at radius 1 is 1.45 bits per heavy atom. The molecule has 8 heteroatoms. The highest BCUT2D eigenvalue weighted by Gasteiger charge is 2.11. The zero-order valence-corrected chi connectivity index (χ0v) is 13.3. The van der Waals surface area contributed by atoms with Gasteiger partial charge in [0.25, 0.3) is 5.69 Å². The number of rotatable bonds is 5. The van der Waals surface area contributed by atoms with Gasteiger partial charge in [-0.1, -0.05) is 0 Å². The number of non-ortho nitro benzene ring substituents is 1. The van der Waals surface area contributed by atoms with E-state index in [1.807, 2.05) is 6.92 Å². The van der Waals surface area contributed by atoms with Crippen LogP contribution in [0.5, 0.6) is 0 Å². The van der Waals surface area contributed by atoms with Crippen molar-refractivity contribution in [3.05, 3.63) is 33.9 Å². The van der Waals surface area contributed by atoms with E-state index >= 15 is 0 Å². The van der Waals surface area contributed by atoms with Crippen molar-refractivity contribution in [2.45, 2.75) is 6.92 Å². The average molecular weight is 324 g/mol. The fraction of sp³-hybridized carbons (Fsp3) is 0.500. The number of ether oxygens (including phenoxy) is 1. The third-order valence-corrected chi connectivity index (χ3v) is 3.73. The summed E-state index contributed by atoms with van der Waals surface area (Å²) in [5.74, 6) is 0. The van der Waals surface area contributed by atoms with Crippen molar-refractivity contribution in [1.82, 2.24) is 10.2 Å². The molecule has 2 N–H and O–H groups in total. The molecule has 22 heavy (non-hydrogen) atoms.